The first-order chi connectivity index (χ1) is 11.1. The zero-order valence-electron chi connectivity index (χ0n) is 13.6. The highest BCUT2D eigenvalue weighted by Gasteiger charge is 2.25. The molecule has 1 aromatic rings. The monoisotopic (exact) mass is 320 g/mol. The number of carbonyl (C=O) groups is 2. The fourth-order valence-corrected chi connectivity index (χ4v) is 3.26. The Hall–Kier alpha value is -1.89. The molecule has 0 unspecified atom stereocenters. The summed E-state index contributed by atoms with van der Waals surface area (Å²) in [5.74, 6) is 1.18. The highest BCUT2D eigenvalue weighted by molar-refractivity contribution is 5.77. The molecule has 23 heavy (non-hydrogen) atoms. The standard InChI is InChI=1S/C16H24N4O3/c1-13(21)20-9-14(8-19-7-4-17-15(19)10-20)11-23-12-16(22)18-5-2-3-6-18/h4,7,14H,2-3,5-6,8-12H2,1H3/t14-/m1/s1. The Balaban J connectivity index is 1.54. The van der Waals surface area contributed by atoms with Crippen LogP contribution in [-0.4, -0.2) is 64.0 Å². The molecule has 7 nitrogen and oxygen atoms in total. The van der Waals surface area contributed by atoms with Crippen molar-refractivity contribution in [3.63, 3.8) is 0 Å². The van der Waals surface area contributed by atoms with Crippen LogP contribution in [0.15, 0.2) is 12.4 Å². The number of carbonyl (C=O) groups excluding carboxylic acids is 2. The summed E-state index contributed by atoms with van der Waals surface area (Å²) in [6.07, 6.45) is 5.87. The lowest BCUT2D eigenvalue weighted by Gasteiger charge is -2.23. The second-order valence-electron chi connectivity index (χ2n) is 6.36. The summed E-state index contributed by atoms with van der Waals surface area (Å²) in [6.45, 7) is 5.81. The maximum absolute atomic E-state index is 12.0. The molecule has 0 N–H and O–H groups in total. The van der Waals surface area contributed by atoms with Gasteiger partial charge in [0.05, 0.1) is 13.2 Å². The van der Waals surface area contributed by atoms with Gasteiger partial charge in [0.25, 0.3) is 0 Å². The van der Waals surface area contributed by atoms with E-state index in [4.69, 9.17) is 4.74 Å². The Kier molecular flexibility index (Phi) is 4.95. The first-order valence-electron chi connectivity index (χ1n) is 8.24. The summed E-state index contributed by atoms with van der Waals surface area (Å²) in [7, 11) is 0. The van der Waals surface area contributed by atoms with Crippen molar-refractivity contribution in [2.24, 2.45) is 5.92 Å². The molecular formula is C16H24N4O3. The van der Waals surface area contributed by atoms with E-state index in [0.717, 1.165) is 38.3 Å². The van der Waals surface area contributed by atoms with E-state index in [-0.39, 0.29) is 24.3 Å². The first kappa shape index (κ1) is 16.0. The van der Waals surface area contributed by atoms with E-state index in [9.17, 15) is 9.59 Å². The number of ether oxygens (including phenoxy) is 1. The molecule has 1 fully saturated rings. The molecule has 2 aliphatic rings. The van der Waals surface area contributed by atoms with Gasteiger partial charge in [-0.05, 0) is 12.8 Å². The summed E-state index contributed by atoms with van der Waals surface area (Å²) < 4.78 is 7.73. The van der Waals surface area contributed by atoms with Crippen LogP contribution in [0.25, 0.3) is 0 Å². The van der Waals surface area contributed by atoms with Crippen molar-refractivity contribution in [3.8, 4) is 0 Å². The van der Waals surface area contributed by atoms with Gasteiger partial charge in [-0.2, -0.15) is 0 Å². The van der Waals surface area contributed by atoms with Gasteiger partial charge in [0.15, 0.2) is 0 Å². The summed E-state index contributed by atoms with van der Waals surface area (Å²) in [5, 5.41) is 0. The highest BCUT2D eigenvalue weighted by Crippen LogP contribution is 2.16. The minimum absolute atomic E-state index is 0.0413. The molecule has 0 bridgehead atoms. The van der Waals surface area contributed by atoms with Gasteiger partial charge in [0.1, 0.15) is 12.4 Å². The molecule has 2 amide bonds. The van der Waals surface area contributed by atoms with Crippen molar-refractivity contribution in [2.45, 2.75) is 32.9 Å². The number of aromatic nitrogens is 2. The molecule has 7 heteroatoms. The van der Waals surface area contributed by atoms with E-state index in [1.165, 1.54) is 0 Å². The Morgan fingerprint density at radius 3 is 2.78 bits per heavy atom. The van der Waals surface area contributed by atoms with Gasteiger partial charge in [-0.1, -0.05) is 0 Å². The fraction of sp³-hybridized carbons (Fsp3) is 0.688. The highest BCUT2D eigenvalue weighted by atomic mass is 16.5. The van der Waals surface area contributed by atoms with Crippen molar-refractivity contribution in [1.82, 2.24) is 19.4 Å². The molecule has 0 saturated carbocycles. The van der Waals surface area contributed by atoms with E-state index in [1.807, 2.05) is 11.1 Å². The lowest BCUT2D eigenvalue weighted by molar-refractivity contribution is -0.136. The molecule has 1 aromatic heterocycles. The third-order valence-corrected chi connectivity index (χ3v) is 4.55. The molecule has 1 saturated heterocycles. The van der Waals surface area contributed by atoms with Gasteiger partial charge in [0, 0.05) is 51.4 Å². The normalized spacial score (nSPS) is 21.2. The zero-order valence-corrected chi connectivity index (χ0v) is 13.6. The molecule has 2 aliphatic heterocycles. The predicted molar refractivity (Wildman–Crippen MR) is 83.4 cm³/mol. The van der Waals surface area contributed by atoms with Crippen LogP contribution >= 0.6 is 0 Å². The second-order valence-corrected chi connectivity index (χ2v) is 6.36. The average Bonchev–Trinajstić information content (AvgIpc) is 3.16. The number of fused-ring (bicyclic) bond motifs is 1. The number of amides is 2. The number of hydrogen-bond donors (Lipinski definition) is 0. The maximum atomic E-state index is 12.0. The van der Waals surface area contributed by atoms with Gasteiger partial charge in [-0.15, -0.1) is 0 Å². The minimum Gasteiger partial charge on any atom is -0.371 e. The number of hydrogen-bond acceptors (Lipinski definition) is 4. The summed E-state index contributed by atoms with van der Waals surface area (Å²) in [5.41, 5.74) is 0. The van der Waals surface area contributed by atoms with Crippen molar-refractivity contribution in [3.05, 3.63) is 18.2 Å². The quantitative estimate of drug-likeness (QED) is 0.810. The van der Waals surface area contributed by atoms with Gasteiger partial charge < -0.3 is 19.1 Å². The van der Waals surface area contributed by atoms with E-state index >= 15 is 0 Å². The first-order valence-corrected chi connectivity index (χ1v) is 8.24. The van der Waals surface area contributed by atoms with E-state index in [0.29, 0.717) is 19.7 Å². The summed E-state index contributed by atoms with van der Waals surface area (Å²) in [4.78, 5) is 31.7. The number of imidazole rings is 1. The SMILES string of the molecule is CC(=O)N1Cc2nccn2C[C@@H](COCC(=O)N2CCCC2)C1. The van der Waals surface area contributed by atoms with E-state index in [2.05, 4.69) is 9.55 Å². The van der Waals surface area contributed by atoms with Crippen LogP contribution in [0, 0.1) is 5.92 Å². The predicted octanol–water partition coefficient (Wildman–Crippen LogP) is 0.500. The zero-order chi connectivity index (χ0) is 16.2. The Morgan fingerprint density at radius 2 is 2.04 bits per heavy atom. The topological polar surface area (TPSA) is 67.7 Å². The largest absolute Gasteiger partial charge is 0.371 e. The molecule has 3 rings (SSSR count). The fourth-order valence-electron chi connectivity index (χ4n) is 3.26. The number of rotatable bonds is 4. The van der Waals surface area contributed by atoms with E-state index in [1.54, 1.807) is 18.0 Å². The Labute approximate surface area is 136 Å². The van der Waals surface area contributed by atoms with Crippen molar-refractivity contribution >= 4 is 11.8 Å². The van der Waals surface area contributed by atoms with Crippen LogP contribution in [0.3, 0.4) is 0 Å². The van der Waals surface area contributed by atoms with Gasteiger partial charge in [-0.25, -0.2) is 4.98 Å². The smallest absolute Gasteiger partial charge is 0.248 e. The van der Waals surface area contributed by atoms with Crippen LogP contribution in [-0.2, 0) is 27.4 Å². The third kappa shape index (κ3) is 3.90. The molecule has 0 aliphatic carbocycles. The second kappa shape index (κ2) is 7.12. The molecule has 0 radical (unpaired) electrons. The summed E-state index contributed by atoms with van der Waals surface area (Å²) >= 11 is 0. The Bertz CT molecular complexity index is 565. The molecule has 1 atom stereocenters. The lowest BCUT2D eigenvalue weighted by Crippen LogP contribution is -2.35. The van der Waals surface area contributed by atoms with Crippen LogP contribution in [0.4, 0.5) is 0 Å². The number of likely N-dealkylation sites (tertiary alicyclic amines) is 1. The van der Waals surface area contributed by atoms with Crippen LogP contribution in [0.1, 0.15) is 25.6 Å². The maximum Gasteiger partial charge on any atom is 0.248 e. The van der Waals surface area contributed by atoms with Gasteiger partial charge in [-0.3, -0.25) is 9.59 Å². The lowest BCUT2D eigenvalue weighted by atomic mass is 10.1. The van der Waals surface area contributed by atoms with Crippen molar-refractivity contribution in [1.29, 1.82) is 0 Å². The molecule has 3 heterocycles. The van der Waals surface area contributed by atoms with Crippen LogP contribution in [0.5, 0.6) is 0 Å². The molecular weight excluding hydrogens is 296 g/mol. The Morgan fingerprint density at radius 1 is 1.26 bits per heavy atom. The summed E-state index contributed by atoms with van der Waals surface area (Å²) in [6, 6.07) is 0. The minimum atomic E-state index is 0.0413. The molecule has 0 aromatic carbocycles. The van der Waals surface area contributed by atoms with Crippen molar-refractivity contribution < 1.29 is 14.3 Å². The van der Waals surface area contributed by atoms with Gasteiger partial charge in [0.2, 0.25) is 11.8 Å². The van der Waals surface area contributed by atoms with Crippen LogP contribution < -0.4 is 0 Å². The third-order valence-electron chi connectivity index (χ3n) is 4.55. The van der Waals surface area contributed by atoms with Gasteiger partial charge >= 0.3 is 0 Å². The number of nitrogens with zero attached hydrogens (tertiary/aromatic N) is 4. The van der Waals surface area contributed by atoms with E-state index < -0.39 is 0 Å². The van der Waals surface area contributed by atoms with Crippen LogP contribution in [0.2, 0.25) is 0 Å². The molecule has 0 spiro atoms. The van der Waals surface area contributed by atoms with Crippen molar-refractivity contribution in [2.75, 3.05) is 32.8 Å². The molecule has 126 valence electrons. The average molecular weight is 320 g/mol.